The third-order valence-electron chi connectivity index (χ3n) is 4.25. The lowest BCUT2D eigenvalue weighted by Gasteiger charge is -2.12. The minimum atomic E-state index is -4.03. The van der Waals surface area contributed by atoms with Gasteiger partial charge in [-0.15, -0.1) is 0 Å². The van der Waals surface area contributed by atoms with Gasteiger partial charge in [-0.25, -0.2) is 13.1 Å². The minimum Gasteiger partial charge on any atom is -0.392 e. The number of unbranched alkanes of at least 4 members (excludes halogenated alkanes) is 7. The molecule has 0 heterocycles. The van der Waals surface area contributed by atoms with Crippen LogP contribution in [-0.2, 0) is 10.0 Å². The van der Waals surface area contributed by atoms with Gasteiger partial charge in [-0.2, -0.15) is 0 Å². The van der Waals surface area contributed by atoms with Gasteiger partial charge in [0, 0.05) is 12.6 Å². The highest BCUT2D eigenvalue weighted by atomic mass is 32.2. The van der Waals surface area contributed by atoms with Gasteiger partial charge < -0.3 is 5.11 Å². The lowest BCUT2D eigenvalue weighted by atomic mass is 10.1. The molecule has 7 nitrogen and oxygen atoms in total. The van der Waals surface area contributed by atoms with Crippen LogP contribution in [0.2, 0.25) is 0 Å². The quantitative estimate of drug-likeness (QED) is 0.287. The molecule has 148 valence electrons. The van der Waals surface area contributed by atoms with Crippen LogP contribution in [0.15, 0.2) is 29.2 Å². The number of sulfonamides is 1. The largest absolute Gasteiger partial charge is 0.392 e. The van der Waals surface area contributed by atoms with Crippen LogP contribution in [0.3, 0.4) is 0 Å². The van der Waals surface area contributed by atoms with E-state index >= 15 is 0 Å². The van der Waals surface area contributed by atoms with Crippen molar-refractivity contribution >= 4 is 15.7 Å². The highest BCUT2D eigenvalue weighted by molar-refractivity contribution is 7.89. The van der Waals surface area contributed by atoms with Crippen molar-refractivity contribution in [2.24, 2.45) is 0 Å². The predicted molar refractivity (Wildman–Crippen MR) is 102 cm³/mol. The van der Waals surface area contributed by atoms with Crippen molar-refractivity contribution in [1.82, 2.24) is 4.72 Å². The molecule has 26 heavy (non-hydrogen) atoms. The zero-order valence-electron chi connectivity index (χ0n) is 15.4. The number of benzene rings is 1. The fraction of sp³-hybridized carbons (Fsp3) is 0.667. The van der Waals surface area contributed by atoms with Crippen LogP contribution in [0.1, 0.15) is 64.7 Å². The molecule has 0 unspecified atom stereocenters. The molecule has 0 radical (unpaired) electrons. The average Bonchev–Trinajstić information content (AvgIpc) is 2.62. The summed E-state index contributed by atoms with van der Waals surface area (Å²) in [5, 5.41) is 20.9. The van der Waals surface area contributed by atoms with E-state index in [4.69, 9.17) is 0 Å². The summed E-state index contributed by atoms with van der Waals surface area (Å²) in [5.41, 5.74) is -0.474. The number of nitrogens with one attached hydrogen (secondary N) is 1. The van der Waals surface area contributed by atoms with E-state index in [1.165, 1.54) is 50.3 Å². The SMILES string of the molecule is CCCCCCCCCC[C@@H](O)CNS(=O)(=O)c1ccccc1[N+](=O)[O-]. The number of aliphatic hydroxyl groups excluding tert-OH is 1. The maximum atomic E-state index is 12.2. The number of nitro benzene ring substituents is 1. The van der Waals surface area contributed by atoms with E-state index in [0.29, 0.717) is 6.42 Å². The second-order valence-electron chi connectivity index (χ2n) is 6.49. The summed E-state index contributed by atoms with van der Waals surface area (Å²) in [5.74, 6) is 0. The highest BCUT2D eigenvalue weighted by Crippen LogP contribution is 2.22. The zero-order valence-corrected chi connectivity index (χ0v) is 16.2. The average molecular weight is 387 g/mol. The van der Waals surface area contributed by atoms with Crippen molar-refractivity contribution in [3.05, 3.63) is 34.4 Å². The molecule has 0 aliphatic heterocycles. The van der Waals surface area contributed by atoms with E-state index in [0.717, 1.165) is 25.3 Å². The lowest BCUT2D eigenvalue weighted by molar-refractivity contribution is -0.387. The van der Waals surface area contributed by atoms with Crippen LogP contribution in [0.5, 0.6) is 0 Å². The number of nitrogens with zero attached hydrogens (tertiary/aromatic N) is 1. The maximum Gasteiger partial charge on any atom is 0.289 e. The van der Waals surface area contributed by atoms with Crippen molar-refractivity contribution in [2.75, 3.05) is 6.54 Å². The van der Waals surface area contributed by atoms with Gasteiger partial charge in [0.1, 0.15) is 0 Å². The number of hydrogen-bond acceptors (Lipinski definition) is 5. The first-order chi connectivity index (χ1) is 12.4. The van der Waals surface area contributed by atoms with Crippen LogP contribution in [0.25, 0.3) is 0 Å². The minimum absolute atomic E-state index is 0.148. The smallest absolute Gasteiger partial charge is 0.289 e. The van der Waals surface area contributed by atoms with Gasteiger partial charge in [0.2, 0.25) is 10.0 Å². The second kappa shape index (κ2) is 12.0. The lowest BCUT2D eigenvalue weighted by Crippen LogP contribution is -2.32. The van der Waals surface area contributed by atoms with E-state index in [-0.39, 0.29) is 11.4 Å². The molecule has 2 N–H and O–H groups in total. The Morgan fingerprint density at radius 3 is 2.27 bits per heavy atom. The normalized spacial score (nSPS) is 12.8. The van der Waals surface area contributed by atoms with Crippen LogP contribution in [0, 0.1) is 10.1 Å². The highest BCUT2D eigenvalue weighted by Gasteiger charge is 2.25. The molecule has 0 fully saturated rings. The molecule has 0 aliphatic carbocycles. The van der Waals surface area contributed by atoms with Crippen LogP contribution >= 0.6 is 0 Å². The molecular formula is C18H30N2O5S. The van der Waals surface area contributed by atoms with Crippen molar-refractivity contribution < 1.29 is 18.4 Å². The Morgan fingerprint density at radius 2 is 1.65 bits per heavy atom. The van der Waals surface area contributed by atoms with Gasteiger partial charge in [-0.3, -0.25) is 10.1 Å². The maximum absolute atomic E-state index is 12.2. The Balaban J connectivity index is 2.33. The number of para-hydroxylation sites is 1. The van der Waals surface area contributed by atoms with Crippen molar-refractivity contribution in [3.8, 4) is 0 Å². The summed E-state index contributed by atoms with van der Waals surface area (Å²) in [6.07, 6.45) is 8.90. The second-order valence-corrected chi connectivity index (χ2v) is 8.23. The van der Waals surface area contributed by atoms with Crippen LogP contribution in [0.4, 0.5) is 5.69 Å². The molecule has 0 saturated heterocycles. The number of nitro groups is 1. The van der Waals surface area contributed by atoms with Crippen molar-refractivity contribution in [1.29, 1.82) is 0 Å². The van der Waals surface area contributed by atoms with Crippen molar-refractivity contribution in [2.45, 2.75) is 75.7 Å². The third-order valence-corrected chi connectivity index (χ3v) is 5.72. The summed E-state index contributed by atoms with van der Waals surface area (Å²) in [4.78, 5) is 9.84. The van der Waals surface area contributed by atoms with Gasteiger partial charge in [0.05, 0.1) is 11.0 Å². The standard InChI is InChI=1S/C18H30N2O5S/c1-2-3-4-5-6-7-8-9-12-16(21)15-19-26(24,25)18-14-11-10-13-17(18)20(22)23/h10-11,13-14,16,19,21H,2-9,12,15H2,1H3/t16-/m1/s1. The van der Waals surface area contributed by atoms with Gasteiger partial charge in [-0.1, -0.05) is 70.4 Å². The summed E-state index contributed by atoms with van der Waals surface area (Å²) < 4.78 is 26.7. The molecule has 1 rings (SSSR count). The Morgan fingerprint density at radius 1 is 1.08 bits per heavy atom. The number of rotatable bonds is 14. The first kappa shape index (κ1) is 22.5. The van der Waals surface area contributed by atoms with E-state index in [1.807, 2.05) is 0 Å². The summed E-state index contributed by atoms with van der Waals surface area (Å²) in [6.45, 7) is 2.04. The Hall–Kier alpha value is -1.51. The molecule has 0 aromatic heterocycles. The van der Waals surface area contributed by atoms with E-state index in [9.17, 15) is 23.6 Å². The van der Waals surface area contributed by atoms with E-state index in [1.54, 1.807) is 0 Å². The number of aliphatic hydroxyl groups is 1. The van der Waals surface area contributed by atoms with Crippen LogP contribution in [-0.4, -0.2) is 31.1 Å². The fourth-order valence-corrected chi connectivity index (χ4v) is 3.98. The van der Waals surface area contributed by atoms with E-state index in [2.05, 4.69) is 11.6 Å². The molecule has 0 saturated carbocycles. The van der Waals surface area contributed by atoms with E-state index < -0.39 is 26.7 Å². The third kappa shape index (κ3) is 8.25. The molecular weight excluding hydrogens is 356 g/mol. The molecule has 0 bridgehead atoms. The first-order valence-corrected chi connectivity index (χ1v) is 10.8. The fourth-order valence-electron chi connectivity index (χ4n) is 2.73. The van der Waals surface area contributed by atoms with Gasteiger partial charge in [0.25, 0.3) is 5.69 Å². The first-order valence-electron chi connectivity index (χ1n) is 9.29. The zero-order chi connectivity index (χ0) is 19.4. The molecule has 0 aliphatic rings. The number of hydrogen-bond donors (Lipinski definition) is 2. The topological polar surface area (TPSA) is 110 Å². The molecule has 1 aromatic rings. The monoisotopic (exact) mass is 386 g/mol. The molecule has 1 aromatic carbocycles. The summed E-state index contributed by atoms with van der Waals surface area (Å²) in [7, 11) is -4.03. The summed E-state index contributed by atoms with van der Waals surface area (Å²) in [6, 6.07) is 5.17. The Labute approximate surface area is 156 Å². The van der Waals surface area contributed by atoms with Crippen molar-refractivity contribution in [3.63, 3.8) is 0 Å². The summed E-state index contributed by atoms with van der Waals surface area (Å²) >= 11 is 0. The molecule has 1 atom stereocenters. The predicted octanol–water partition coefficient (Wildman–Crippen LogP) is 3.76. The molecule has 0 spiro atoms. The Kier molecular flexibility index (Phi) is 10.4. The van der Waals surface area contributed by atoms with Gasteiger partial charge in [-0.05, 0) is 12.5 Å². The Bertz CT molecular complexity index is 649. The van der Waals surface area contributed by atoms with Gasteiger partial charge >= 0.3 is 0 Å². The van der Waals surface area contributed by atoms with Crippen LogP contribution < -0.4 is 4.72 Å². The van der Waals surface area contributed by atoms with Gasteiger partial charge in [0.15, 0.2) is 4.90 Å². The molecule has 0 amide bonds. The molecule has 8 heteroatoms.